The normalized spacial score (nSPS) is 11.6. The molecule has 0 aliphatic rings. The fraction of sp³-hybridized carbons (Fsp3) is 0.267. The molecule has 2 aromatic rings. The number of furan rings is 1. The Morgan fingerprint density at radius 2 is 1.86 bits per heavy atom. The molecule has 0 saturated carbocycles. The van der Waals surface area contributed by atoms with Gasteiger partial charge in [-0.15, -0.1) is 0 Å². The van der Waals surface area contributed by atoms with Crippen molar-refractivity contribution < 1.29 is 22.7 Å². The van der Waals surface area contributed by atoms with Gasteiger partial charge in [-0.25, -0.2) is 13.2 Å². The number of benzene rings is 1. The van der Waals surface area contributed by atoms with Crippen LogP contribution in [0.3, 0.4) is 0 Å². The van der Waals surface area contributed by atoms with E-state index in [2.05, 4.69) is 0 Å². The molecule has 0 saturated heterocycles. The highest BCUT2D eigenvalue weighted by atomic mass is 32.2. The van der Waals surface area contributed by atoms with Gasteiger partial charge in [0.15, 0.2) is 9.84 Å². The fourth-order valence-electron chi connectivity index (χ4n) is 2.24. The highest BCUT2D eigenvalue weighted by molar-refractivity contribution is 7.90. The molecule has 21 heavy (non-hydrogen) atoms. The van der Waals surface area contributed by atoms with Gasteiger partial charge in [-0.1, -0.05) is 17.7 Å². The van der Waals surface area contributed by atoms with Gasteiger partial charge >= 0.3 is 5.97 Å². The second-order valence-electron chi connectivity index (χ2n) is 5.02. The fourth-order valence-corrected chi connectivity index (χ4v) is 3.74. The van der Waals surface area contributed by atoms with Crippen molar-refractivity contribution >= 4 is 15.8 Å². The summed E-state index contributed by atoms with van der Waals surface area (Å²) in [5.41, 5.74) is 1.63. The molecule has 6 heteroatoms. The summed E-state index contributed by atoms with van der Waals surface area (Å²) in [6, 6.07) is 6.35. The van der Waals surface area contributed by atoms with Crippen LogP contribution in [0.5, 0.6) is 0 Å². The van der Waals surface area contributed by atoms with Crippen LogP contribution in [-0.2, 0) is 15.6 Å². The van der Waals surface area contributed by atoms with Crippen LogP contribution in [0.25, 0.3) is 0 Å². The summed E-state index contributed by atoms with van der Waals surface area (Å²) >= 11 is 0. The maximum absolute atomic E-state index is 12.4. The lowest BCUT2D eigenvalue weighted by atomic mass is 10.2. The van der Waals surface area contributed by atoms with Crippen molar-refractivity contribution in [3.8, 4) is 0 Å². The number of aromatic carboxylic acids is 1. The minimum absolute atomic E-state index is 0.0131. The van der Waals surface area contributed by atoms with E-state index in [1.807, 2.05) is 6.92 Å². The first-order valence-corrected chi connectivity index (χ1v) is 7.98. The largest absolute Gasteiger partial charge is 0.478 e. The lowest BCUT2D eigenvalue weighted by molar-refractivity contribution is 0.0695. The molecule has 0 fully saturated rings. The first-order valence-electron chi connectivity index (χ1n) is 6.33. The molecule has 1 aromatic carbocycles. The van der Waals surface area contributed by atoms with Crippen LogP contribution in [0.15, 0.2) is 33.6 Å². The van der Waals surface area contributed by atoms with E-state index in [1.54, 1.807) is 25.1 Å². The van der Waals surface area contributed by atoms with Gasteiger partial charge < -0.3 is 9.52 Å². The molecule has 1 aromatic heterocycles. The molecule has 0 spiro atoms. The monoisotopic (exact) mass is 308 g/mol. The Labute approximate surface area is 123 Å². The molecule has 0 unspecified atom stereocenters. The van der Waals surface area contributed by atoms with Crippen LogP contribution >= 0.6 is 0 Å². The molecule has 0 bridgehead atoms. The summed E-state index contributed by atoms with van der Waals surface area (Å²) in [4.78, 5) is 11.2. The Morgan fingerprint density at radius 3 is 2.38 bits per heavy atom. The summed E-state index contributed by atoms with van der Waals surface area (Å²) in [7, 11) is -3.58. The van der Waals surface area contributed by atoms with Crippen LogP contribution in [0, 0.1) is 20.8 Å². The highest BCUT2D eigenvalue weighted by Crippen LogP contribution is 2.23. The minimum atomic E-state index is -3.58. The predicted molar refractivity (Wildman–Crippen MR) is 77.2 cm³/mol. The van der Waals surface area contributed by atoms with E-state index < -0.39 is 15.8 Å². The predicted octanol–water partition coefficient (Wildman–Crippen LogP) is 2.88. The van der Waals surface area contributed by atoms with E-state index >= 15 is 0 Å². The van der Waals surface area contributed by atoms with Gasteiger partial charge in [0.1, 0.15) is 22.8 Å². The molecule has 0 amide bonds. The third kappa shape index (κ3) is 3.16. The molecule has 0 aliphatic heterocycles. The van der Waals surface area contributed by atoms with Crippen LogP contribution in [0.2, 0.25) is 0 Å². The third-order valence-electron chi connectivity index (χ3n) is 3.20. The molecule has 0 atom stereocenters. The summed E-state index contributed by atoms with van der Waals surface area (Å²) in [5.74, 6) is -1.16. The lowest BCUT2D eigenvalue weighted by Gasteiger charge is -2.07. The van der Waals surface area contributed by atoms with Crippen LogP contribution in [0.4, 0.5) is 0 Å². The molecule has 112 valence electrons. The number of carbonyl (C=O) groups is 1. The van der Waals surface area contributed by atoms with Crippen molar-refractivity contribution in [1.29, 1.82) is 0 Å². The summed E-state index contributed by atoms with van der Waals surface area (Å²) in [5, 5.41) is 8.96. The van der Waals surface area contributed by atoms with Crippen molar-refractivity contribution in [2.45, 2.75) is 31.4 Å². The topological polar surface area (TPSA) is 84.6 Å². The quantitative estimate of drug-likeness (QED) is 0.938. The summed E-state index contributed by atoms with van der Waals surface area (Å²) in [6.07, 6.45) is 0. The van der Waals surface area contributed by atoms with Gasteiger partial charge in [0, 0.05) is 0 Å². The molecule has 5 nitrogen and oxygen atoms in total. The van der Waals surface area contributed by atoms with Gasteiger partial charge in [0.2, 0.25) is 0 Å². The molecular weight excluding hydrogens is 292 g/mol. The molecule has 2 rings (SSSR count). The Bertz CT molecular complexity index is 799. The van der Waals surface area contributed by atoms with Crippen LogP contribution in [0.1, 0.15) is 33.0 Å². The number of carboxylic acid groups (broad SMARTS) is 1. The van der Waals surface area contributed by atoms with Crippen LogP contribution in [-0.4, -0.2) is 19.5 Å². The summed E-state index contributed by atoms with van der Waals surface area (Å²) < 4.78 is 30.1. The Kier molecular flexibility index (Phi) is 3.91. The van der Waals surface area contributed by atoms with E-state index in [0.717, 1.165) is 5.56 Å². The highest BCUT2D eigenvalue weighted by Gasteiger charge is 2.22. The number of hydrogen-bond acceptors (Lipinski definition) is 4. The second-order valence-corrected chi connectivity index (χ2v) is 6.97. The maximum Gasteiger partial charge on any atom is 0.339 e. The van der Waals surface area contributed by atoms with E-state index in [4.69, 9.17) is 9.52 Å². The standard InChI is InChI=1S/C15H16O5S/c1-9-4-5-14(10(2)6-9)21(18,19)8-12-7-13(15(16)17)11(3)20-12/h4-7H,8H2,1-3H3,(H,16,17). The Balaban J connectivity index is 2.37. The van der Waals surface area contributed by atoms with Gasteiger partial charge in [-0.05, 0) is 38.5 Å². The van der Waals surface area contributed by atoms with E-state index in [-0.39, 0.29) is 27.7 Å². The van der Waals surface area contributed by atoms with Crippen molar-refractivity contribution in [3.63, 3.8) is 0 Å². The number of rotatable bonds is 4. The minimum Gasteiger partial charge on any atom is -0.478 e. The van der Waals surface area contributed by atoms with Gasteiger partial charge in [0.25, 0.3) is 0 Å². The molecule has 0 aliphatic carbocycles. The number of sulfone groups is 1. The molecule has 0 radical (unpaired) electrons. The van der Waals surface area contributed by atoms with E-state index in [1.165, 1.54) is 13.0 Å². The first kappa shape index (κ1) is 15.3. The average molecular weight is 308 g/mol. The van der Waals surface area contributed by atoms with Crippen molar-refractivity contribution in [2.75, 3.05) is 0 Å². The number of carboxylic acids is 1. The molecule has 1 N–H and O–H groups in total. The molecular formula is C15H16O5S. The first-order chi connectivity index (χ1) is 9.70. The SMILES string of the molecule is Cc1ccc(S(=O)(=O)Cc2cc(C(=O)O)c(C)o2)c(C)c1. The Hall–Kier alpha value is -2.08. The zero-order chi connectivity index (χ0) is 15.8. The van der Waals surface area contributed by atoms with Crippen molar-refractivity contribution in [3.05, 3.63) is 52.5 Å². The van der Waals surface area contributed by atoms with E-state index in [0.29, 0.717) is 5.56 Å². The van der Waals surface area contributed by atoms with Gasteiger partial charge in [-0.2, -0.15) is 0 Å². The zero-order valence-electron chi connectivity index (χ0n) is 12.0. The van der Waals surface area contributed by atoms with Crippen LogP contribution < -0.4 is 0 Å². The lowest BCUT2D eigenvalue weighted by Crippen LogP contribution is -2.06. The second kappa shape index (κ2) is 5.37. The number of aryl methyl sites for hydroxylation is 3. The third-order valence-corrected chi connectivity index (χ3v) is 4.99. The maximum atomic E-state index is 12.4. The summed E-state index contributed by atoms with van der Waals surface area (Å²) in [6.45, 7) is 5.12. The van der Waals surface area contributed by atoms with Crippen molar-refractivity contribution in [1.82, 2.24) is 0 Å². The Morgan fingerprint density at radius 1 is 1.19 bits per heavy atom. The van der Waals surface area contributed by atoms with Gasteiger partial charge in [0.05, 0.1) is 4.90 Å². The number of hydrogen-bond donors (Lipinski definition) is 1. The molecule has 1 heterocycles. The average Bonchev–Trinajstić information content (AvgIpc) is 2.68. The smallest absolute Gasteiger partial charge is 0.339 e. The van der Waals surface area contributed by atoms with Gasteiger partial charge in [-0.3, -0.25) is 0 Å². The zero-order valence-corrected chi connectivity index (χ0v) is 12.8. The van der Waals surface area contributed by atoms with E-state index in [9.17, 15) is 13.2 Å². The van der Waals surface area contributed by atoms with Crippen molar-refractivity contribution in [2.24, 2.45) is 0 Å².